The molecule has 1 aliphatic heterocycles. The van der Waals surface area contributed by atoms with Crippen molar-refractivity contribution in [2.24, 2.45) is 0 Å². The monoisotopic (exact) mass is 785 g/mol. The van der Waals surface area contributed by atoms with Crippen LogP contribution in [0.5, 0.6) is 23.0 Å². The highest BCUT2D eigenvalue weighted by Crippen LogP contribution is 2.60. The van der Waals surface area contributed by atoms with Gasteiger partial charge in [0.25, 0.3) is 0 Å². The van der Waals surface area contributed by atoms with E-state index in [4.69, 9.17) is 24.4 Å². The van der Waals surface area contributed by atoms with Crippen molar-refractivity contribution in [2.45, 2.75) is 19.3 Å². The molecule has 0 atom stereocenters. The Morgan fingerprint density at radius 2 is 0.984 bits per heavy atom. The van der Waals surface area contributed by atoms with E-state index in [2.05, 4.69) is 164 Å². The summed E-state index contributed by atoms with van der Waals surface area (Å²) in [7, 11) is 0. The highest BCUT2D eigenvalue weighted by atomic mass is 16.6. The summed E-state index contributed by atoms with van der Waals surface area (Å²) >= 11 is 0. The third-order valence-electron chi connectivity index (χ3n) is 12.1. The van der Waals surface area contributed by atoms with E-state index in [1.165, 1.54) is 22.3 Å². The summed E-state index contributed by atoms with van der Waals surface area (Å²) in [6.45, 7) is 4.03. The molecule has 0 saturated heterocycles. The molecule has 5 nitrogen and oxygen atoms in total. The predicted molar refractivity (Wildman–Crippen MR) is 245 cm³/mol. The number of allylic oxidation sites excluding steroid dienone is 2. The van der Waals surface area contributed by atoms with Gasteiger partial charge in [0, 0.05) is 16.7 Å². The van der Waals surface area contributed by atoms with E-state index in [1.807, 2.05) is 50.3 Å². The lowest BCUT2D eigenvalue weighted by molar-refractivity contribution is 0.360. The molecule has 1 aliphatic carbocycles. The van der Waals surface area contributed by atoms with Crippen LogP contribution in [0.1, 0.15) is 41.9 Å². The fraction of sp³-hybridized carbons (Fsp3) is 0.0536. The Labute approximate surface area is 355 Å². The first-order valence-corrected chi connectivity index (χ1v) is 20.6. The number of benzene rings is 8. The number of hydrogen-bond acceptors (Lipinski definition) is 5. The van der Waals surface area contributed by atoms with Gasteiger partial charge in [-0.2, -0.15) is 0 Å². The maximum absolute atomic E-state index is 7.01. The summed E-state index contributed by atoms with van der Waals surface area (Å²) in [5.41, 5.74) is 13.3. The molecule has 0 bridgehead atoms. The van der Waals surface area contributed by atoms with Crippen molar-refractivity contribution in [3.63, 3.8) is 0 Å². The van der Waals surface area contributed by atoms with Gasteiger partial charge in [0.1, 0.15) is 0 Å². The predicted octanol–water partition coefficient (Wildman–Crippen LogP) is 14.2. The van der Waals surface area contributed by atoms with E-state index in [9.17, 15) is 0 Å². The standard InChI is InChI=1S/C56H39N3O2/c1-3-36(2)53-57-54(39-32-30-38(31-33-39)37-18-7-4-8-19-37)59-55(58-53)45-26-14-13-24-42(45)44-27-17-29-49-52(44)61-50-34-46-43-25-15-16-28-47(43)56(40-20-9-5-10-21-40,41-22-11-6-12-23-41)48(46)35-51(50)60-49/h3-35H,1-2H3/b36-3+. The molecule has 0 fully saturated rings. The van der Waals surface area contributed by atoms with Crippen molar-refractivity contribution in [2.75, 3.05) is 0 Å². The van der Waals surface area contributed by atoms with Gasteiger partial charge in [-0.25, -0.2) is 15.0 Å². The molecule has 290 valence electrons. The van der Waals surface area contributed by atoms with Crippen molar-refractivity contribution in [3.8, 4) is 79.2 Å². The molecular weight excluding hydrogens is 747 g/mol. The fourth-order valence-electron chi connectivity index (χ4n) is 9.04. The van der Waals surface area contributed by atoms with E-state index >= 15 is 0 Å². The fourth-order valence-corrected chi connectivity index (χ4v) is 9.04. The van der Waals surface area contributed by atoms with Gasteiger partial charge in [0.15, 0.2) is 40.5 Å². The van der Waals surface area contributed by atoms with Crippen LogP contribution in [-0.4, -0.2) is 15.0 Å². The number of rotatable bonds is 7. The van der Waals surface area contributed by atoms with Crippen molar-refractivity contribution < 1.29 is 9.47 Å². The number of ether oxygens (including phenoxy) is 2. The highest BCUT2D eigenvalue weighted by Gasteiger charge is 2.47. The van der Waals surface area contributed by atoms with E-state index in [0.29, 0.717) is 40.5 Å². The van der Waals surface area contributed by atoms with Gasteiger partial charge in [-0.1, -0.05) is 182 Å². The number of para-hydroxylation sites is 1. The first-order chi connectivity index (χ1) is 30.1. The average molecular weight is 786 g/mol. The summed E-state index contributed by atoms with van der Waals surface area (Å²) in [5, 5.41) is 0. The van der Waals surface area contributed by atoms with Gasteiger partial charge in [-0.15, -0.1) is 0 Å². The second-order valence-electron chi connectivity index (χ2n) is 15.5. The SMILES string of the molecule is C/C=C(\C)c1nc(-c2ccc(-c3ccccc3)cc2)nc(-c2ccccc2-c2cccc3c2Oc2cc4c(cc2O3)C(c2ccccc2)(c2ccccc2)c2ccccc2-4)n1. The molecule has 11 rings (SSSR count). The zero-order valence-corrected chi connectivity index (χ0v) is 33.7. The Morgan fingerprint density at radius 1 is 0.426 bits per heavy atom. The van der Waals surface area contributed by atoms with Crippen LogP contribution in [0, 0.1) is 0 Å². The smallest absolute Gasteiger partial charge is 0.177 e. The zero-order valence-electron chi connectivity index (χ0n) is 33.7. The molecule has 1 aromatic heterocycles. The van der Waals surface area contributed by atoms with E-state index in [0.717, 1.165) is 50.1 Å². The maximum Gasteiger partial charge on any atom is 0.177 e. The van der Waals surface area contributed by atoms with E-state index < -0.39 is 5.41 Å². The highest BCUT2D eigenvalue weighted by molar-refractivity contribution is 5.90. The topological polar surface area (TPSA) is 57.1 Å². The van der Waals surface area contributed by atoms with Crippen LogP contribution < -0.4 is 9.47 Å². The molecule has 5 heteroatoms. The second kappa shape index (κ2) is 14.7. The minimum atomic E-state index is -0.550. The Morgan fingerprint density at radius 3 is 1.69 bits per heavy atom. The summed E-state index contributed by atoms with van der Waals surface area (Å²) in [4.78, 5) is 15.1. The zero-order chi connectivity index (χ0) is 40.9. The molecule has 9 aromatic rings. The molecule has 8 aromatic carbocycles. The van der Waals surface area contributed by atoms with Crippen LogP contribution in [0.15, 0.2) is 200 Å². The van der Waals surface area contributed by atoms with Crippen LogP contribution in [0.25, 0.3) is 61.7 Å². The summed E-state index contributed by atoms with van der Waals surface area (Å²) < 4.78 is 13.9. The van der Waals surface area contributed by atoms with Gasteiger partial charge < -0.3 is 9.47 Å². The van der Waals surface area contributed by atoms with Crippen molar-refractivity contribution in [1.82, 2.24) is 15.0 Å². The lowest BCUT2D eigenvalue weighted by atomic mass is 9.67. The molecule has 0 N–H and O–H groups in total. The first-order valence-electron chi connectivity index (χ1n) is 20.6. The first kappa shape index (κ1) is 36.2. The van der Waals surface area contributed by atoms with Crippen LogP contribution in [0.4, 0.5) is 0 Å². The van der Waals surface area contributed by atoms with Crippen LogP contribution in [0.2, 0.25) is 0 Å². The van der Waals surface area contributed by atoms with Crippen LogP contribution >= 0.6 is 0 Å². The Bertz CT molecular complexity index is 3100. The molecule has 0 unspecified atom stereocenters. The maximum atomic E-state index is 7.01. The van der Waals surface area contributed by atoms with Crippen molar-refractivity contribution in [1.29, 1.82) is 0 Å². The Balaban J connectivity index is 1.02. The lowest BCUT2D eigenvalue weighted by Gasteiger charge is -2.34. The molecule has 61 heavy (non-hydrogen) atoms. The van der Waals surface area contributed by atoms with Gasteiger partial charge in [-0.3, -0.25) is 0 Å². The summed E-state index contributed by atoms with van der Waals surface area (Å²) in [6.07, 6.45) is 2.03. The number of aromatic nitrogens is 3. The second-order valence-corrected chi connectivity index (χ2v) is 15.5. The van der Waals surface area contributed by atoms with Crippen LogP contribution in [0.3, 0.4) is 0 Å². The van der Waals surface area contributed by atoms with E-state index in [-0.39, 0.29) is 0 Å². The molecule has 0 spiro atoms. The van der Waals surface area contributed by atoms with Crippen molar-refractivity contribution in [3.05, 3.63) is 228 Å². The molecule has 2 aliphatic rings. The molecular formula is C56H39N3O2. The van der Waals surface area contributed by atoms with Gasteiger partial charge in [-0.05, 0) is 87.7 Å². The number of nitrogens with zero attached hydrogens (tertiary/aromatic N) is 3. The third kappa shape index (κ3) is 5.96. The molecule has 2 heterocycles. The normalized spacial score (nSPS) is 13.2. The lowest BCUT2D eigenvalue weighted by Crippen LogP contribution is -2.28. The minimum Gasteiger partial charge on any atom is -0.449 e. The van der Waals surface area contributed by atoms with Gasteiger partial charge >= 0.3 is 0 Å². The third-order valence-corrected chi connectivity index (χ3v) is 12.1. The minimum absolute atomic E-state index is 0.550. The van der Waals surface area contributed by atoms with E-state index in [1.54, 1.807) is 0 Å². The Hall–Kier alpha value is -7.89. The largest absolute Gasteiger partial charge is 0.449 e. The quantitative estimate of drug-likeness (QED) is 0.161. The summed E-state index contributed by atoms with van der Waals surface area (Å²) in [5.74, 6) is 4.43. The van der Waals surface area contributed by atoms with Gasteiger partial charge in [0.05, 0.1) is 5.41 Å². The number of fused-ring (bicyclic) bond motifs is 5. The average Bonchev–Trinajstić information content (AvgIpc) is 3.62. The van der Waals surface area contributed by atoms with Gasteiger partial charge in [0.2, 0.25) is 0 Å². The molecule has 0 saturated carbocycles. The summed E-state index contributed by atoms with van der Waals surface area (Å²) in [6, 6.07) is 67.7. The molecule has 0 radical (unpaired) electrons. The number of hydrogen-bond donors (Lipinski definition) is 0. The Kier molecular flexibility index (Phi) is 8.75. The molecule has 0 amide bonds. The van der Waals surface area contributed by atoms with Crippen molar-refractivity contribution >= 4 is 5.57 Å². The van der Waals surface area contributed by atoms with Crippen LogP contribution in [-0.2, 0) is 5.41 Å².